The van der Waals surface area contributed by atoms with E-state index < -0.39 is 0 Å². The third-order valence-electron chi connectivity index (χ3n) is 2.59. The molecule has 2 aromatic rings. The quantitative estimate of drug-likeness (QED) is 0.750. The number of hydrogen-bond acceptors (Lipinski definition) is 4. The molecule has 2 heterocycles. The minimum Gasteiger partial charge on any atom is -0.344 e. The van der Waals surface area contributed by atoms with Gasteiger partial charge in [-0.05, 0) is 25.5 Å². The molecule has 0 aromatic carbocycles. The molecule has 0 aliphatic rings. The van der Waals surface area contributed by atoms with Gasteiger partial charge in [-0.15, -0.1) is 0 Å². The topological polar surface area (TPSA) is 50.5 Å². The van der Waals surface area contributed by atoms with E-state index in [1.165, 1.54) is 4.40 Å². The monoisotopic (exact) mass is 218 g/mol. The summed E-state index contributed by atoms with van der Waals surface area (Å²) >= 11 is 0. The normalized spacial score (nSPS) is 10.7. The molecule has 5 nitrogen and oxygen atoms in total. The van der Waals surface area contributed by atoms with Crippen molar-refractivity contribution in [2.24, 2.45) is 0 Å². The van der Waals surface area contributed by atoms with Crippen molar-refractivity contribution < 1.29 is 0 Å². The van der Waals surface area contributed by atoms with Crippen molar-refractivity contribution in [3.05, 3.63) is 34.4 Å². The van der Waals surface area contributed by atoms with Gasteiger partial charge >= 0.3 is 5.69 Å². The van der Waals surface area contributed by atoms with E-state index in [0.717, 1.165) is 12.1 Å². The fourth-order valence-electron chi connectivity index (χ4n) is 1.48. The van der Waals surface area contributed by atoms with Gasteiger partial charge in [0, 0.05) is 19.8 Å². The zero-order valence-electron chi connectivity index (χ0n) is 9.64. The van der Waals surface area contributed by atoms with E-state index in [-0.39, 0.29) is 5.69 Å². The van der Waals surface area contributed by atoms with E-state index in [1.54, 1.807) is 6.20 Å². The molecular weight excluding hydrogens is 204 g/mol. The molecule has 0 N–H and O–H groups in total. The highest BCUT2D eigenvalue weighted by molar-refractivity contribution is 5.49. The van der Waals surface area contributed by atoms with Crippen LogP contribution in [-0.4, -0.2) is 28.0 Å². The van der Waals surface area contributed by atoms with Gasteiger partial charge in [0.05, 0.1) is 0 Å². The molecule has 0 atom stereocenters. The number of rotatable bonds is 2. The van der Waals surface area contributed by atoms with E-state index in [1.807, 2.05) is 37.9 Å². The molecule has 16 heavy (non-hydrogen) atoms. The van der Waals surface area contributed by atoms with Crippen molar-refractivity contribution in [1.29, 1.82) is 0 Å². The summed E-state index contributed by atoms with van der Waals surface area (Å²) in [6.45, 7) is 4.68. The van der Waals surface area contributed by atoms with Crippen molar-refractivity contribution in [2.75, 3.05) is 18.5 Å². The predicted molar refractivity (Wildman–Crippen MR) is 62.9 cm³/mol. The lowest BCUT2D eigenvalue weighted by Crippen LogP contribution is -2.26. The average Bonchev–Trinajstić information content (AvgIpc) is 2.29. The molecule has 2 rings (SSSR count). The largest absolute Gasteiger partial charge is 0.356 e. The zero-order chi connectivity index (χ0) is 11.7. The van der Waals surface area contributed by atoms with Crippen LogP contribution in [0, 0.1) is 6.92 Å². The van der Waals surface area contributed by atoms with Gasteiger partial charge in [0.15, 0.2) is 0 Å². The first-order chi connectivity index (χ1) is 7.63. The van der Waals surface area contributed by atoms with E-state index in [2.05, 4.69) is 9.97 Å². The third kappa shape index (κ3) is 1.64. The molecule has 0 amide bonds. The number of nitrogens with zero attached hydrogens (tertiary/aromatic N) is 4. The van der Waals surface area contributed by atoms with Crippen LogP contribution in [0.1, 0.15) is 12.5 Å². The van der Waals surface area contributed by atoms with Crippen LogP contribution >= 0.6 is 0 Å². The lowest BCUT2D eigenvalue weighted by molar-refractivity contribution is 0.853. The van der Waals surface area contributed by atoms with Gasteiger partial charge < -0.3 is 4.90 Å². The summed E-state index contributed by atoms with van der Waals surface area (Å²) in [5, 5.41) is 0. The van der Waals surface area contributed by atoms with Gasteiger partial charge in [0.2, 0.25) is 5.95 Å². The minimum absolute atomic E-state index is 0.288. The Kier molecular flexibility index (Phi) is 2.60. The maximum Gasteiger partial charge on any atom is 0.356 e. The molecule has 0 saturated carbocycles. The molecule has 0 unspecified atom stereocenters. The van der Waals surface area contributed by atoms with Crippen LogP contribution in [0.3, 0.4) is 0 Å². The van der Waals surface area contributed by atoms with Crippen molar-refractivity contribution in [1.82, 2.24) is 14.4 Å². The van der Waals surface area contributed by atoms with Crippen LogP contribution in [0.2, 0.25) is 0 Å². The van der Waals surface area contributed by atoms with Crippen LogP contribution < -0.4 is 10.6 Å². The molecule has 0 radical (unpaired) electrons. The van der Waals surface area contributed by atoms with Gasteiger partial charge in [-0.2, -0.15) is 9.97 Å². The third-order valence-corrected chi connectivity index (χ3v) is 2.59. The van der Waals surface area contributed by atoms with Crippen molar-refractivity contribution in [3.63, 3.8) is 0 Å². The second-order valence-corrected chi connectivity index (χ2v) is 3.71. The van der Waals surface area contributed by atoms with E-state index in [4.69, 9.17) is 0 Å². The van der Waals surface area contributed by atoms with Crippen LogP contribution in [0.4, 0.5) is 5.95 Å². The Morgan fingerprint density at radius 2 is 2.19 bits per heavy atom. The highest BCUT2D eigenvalue weighted by Crippen LogP contribution is 2.08. The Morgan fingerprint density at radius 3 is 2.88 bits per heavy atom. The molecule has 0 spiro atoms. The zero-order valence-corrected chi connectivity index (χ0v) is 9.64. The second-order valence-electron chi connectivity index (χ2n) is 3.71. The molecule has 0 fully saturated rings. The van der Waals surface area contributed by atoms with E-state index in [0.29, 0.717) is 11.6 Å². The predicted octanol–water partition coefficient (Wildman–Crippen LogP) is 0.854. The standard InChI is InChI=1S/C11H14N4O/c1-4-14(3)10-12-9-8(2)6-5-7-15(9)11(16)13-10/h5-7H,4H2,1-3H3. The number of anilines is 1. The summed E-state index contributed by atoms with van der Waals surface area (Å²) < 4.78 is 1.46. The van der Waals surface area contributed by atoms with Gasteiger partial charge in [0.25, 0.3) is 0 Å². The summed E-state index contributed by atoms with van der Waals surface area (Å²) in [4.78, 5) is 21.9. The van der Waals surface area contributed by atoms with Crippen LogP contribution in [-0.2, 0) is 0 Å². The SMILES string of the molecule is CCN(C)c1nc(=O)n2cccc(C)c2n1. The minimum atomic E-state index is -0.288. The maximum atomic E-state index is 11.8. The van der Waals surface area contributed by atoms with Gasteiger partial charge in [-0.25, -0.2) is 4.79 Å². The molecular formula is C11H14N4O. The molecule has 0 saturated heterocycles. The highest BCUT2D eigenvalue weighted by atomic mass is 16.1. The number of hydrogen-bond donors (Lipinski definition) is 0. The van der Waals surface area contributed by atoms with Gasteiger partial charge in [-0.1, -0.05) is 6.07 Å². The van der Waals surface area contributed by atoms with Crippen LogP contribution in [0.5, 0.6) is 0 Å². The van der Waals surface area contributed by atoms with Gasteiger partial charge in [-0.3, -0.25) is 4.40 Å². The van der Waals surface area contributed by atoms with Crippen LogP contribution in [0.25, 0.3) is 5.65 Å². The van der Waals surface area contributed by atoms with Crippen molar-refractivity contribution in [3.8, 4) is 0 Å². The first-order valence-electron chi connectivity index (χ1n) is 5.20. The van der Waals surface area contributed by atoms with Crippen molar-refractivity contribution in [2.45, 2.75) is 13.8 Å². The molecule has 2 aromatic heterocycles. The number of pyridine rings is 1. The fourth-order valence-corrected chi connectivity index (χ4v) is 1.48. The maximum absolute atomic E-state index is 11.8. The lowest BCUT2D eigenvalue weighted by atomic mass is 10.3. The Labute approximate surface area is 93.4 Å². The molecule has 84 valence electrons. The fraction of sp³-hybridized carbons (Fsp3) is 0.364. The summed E-state index contributed by atoms with van der Waals surface area (Å²) in [5.74, 6) is 0.474. The molecule has 0 aliphatic heterocycles. The van der Waals surface area contributed by atoms with Crippen LogP contribution in [0.15, 0.2) is 23.1 Å². The molecule has 0 bridgehead atoms. The van der Waals surface area contributed by atoms with E-state index >= 15 is 0 Å². The average molecular weight is 218 g/mol. The van der Waals surface area contributed by atoms with Gasteiger partial charge in [0.1, 0.15) is 5.65 Å². The number of fused-ring (bicyclic) bond motifs is 1. The Balaban J connectivity index is 2.75. The first kappa shape index (κ1) is 10.6. The molecule has 0 aliphatic carbocycles. The summed E-state index contributed by atoms with van der Waals surface area (Å²) in [6, 6.07) is 3.74. The summed E-state index contributed by atoms with van der Waals surface area (Å²) in [7, 11) is 1.86. The number of aryl methyl sites for hydroxylation is 1. The smallest absolute Gasteiger partial charge is 0.344 e. The lowest BCUT2D eigenvalue weighted by Gasteiger charge is -2.14. The molecule has 5 heteroatoms. The van der Waals surface area contributed by atoms with E-state index in [9.17, 15) is 4.79 Å². The highest BCUT2D eigenvalue weighted by Gasteiger charge is 2.07. The summed E-state index contributed by atoms with van der Waals surface area (Å²) in [5.41, 5.74) is 1.34. The summed E-state index contributed by atoms with van der Waals surface area (Å²) in [6.07, 6.45) is 1.68. The Bertz CT molecular complexity index is 576. The Hall–Kier alpha value is -1.91. The Morgan fingerprint density at radius 1 is 1.44 bits per heavy atom. The van der Waals surface area contributed by atoms with Crippen molar-refractivity contribution >= 4 is 11.6 Å². The number of aromatic nitrogens is 3. The second kappa shape index (κ2) is 3.92. The first-order valence-corrected chi connectivity index (χ1v) is 5.20.